The Labute approximate surface area is 127 Å². The standard InChI is InChI=1S/C15H15ClN2O3/c16-10-3-5-11(6-4-10)17-13(19)12-9-21-15(7-1-2-8-15)18(12)14(17)20/h3-6,12H,1-2,7-9H2/t12-/m0/s1. The van der Waals surface area contributed by atoms with Crippen LogP contribution in [0.4, 0.5) is 10.5 Å². The predicted octanol–water partition coefficient (Wildman–Crippen LogP) is 2.78. The molecule has 3 aliphatic rings. The van der Waals surface area contributed by atoms with Crippen LogP contribution in [-0.4, -0.2) is 35.2 Å². The highest BCUT2D eigenvalue weighted by atomic mass is 35.5. The predicted molar refractivity (Wildman–Crippen MR) is 77.1 cm³/mol. The number of carbonyl (C=O) groups excluding carboxylic acids is 2. The average molecular weight is 307 g/mol. The van der Waals surface area contributed by atoms with Gasteiger partial charge < -0.3 is 4.74 Å². The van der Waals surface area contributed by atoms with Crippen LogP contribution in [0.2, 0.25) is 5.02 Å². The lowest BCUT2D eigenvalue weighted by molar-refractivity contribution is -0.119. The number of urea groups is 1. The van der Waals surface area contributed by atoms with Crippen molar-refractivity contribution in [2.24, 2.45) is 0 Å². The molecule has 1 aromatic carbocycles. The monoisotopic (exact) mass is 306 g/mol. The molecule has 0 N–H and O–H groups in total. The lowest BCUT2D eigenvalue weighted by Gasteiger charge is -2.32. The number of hydrogen-bond acceptors (Lipinski definition) is 3. The topological polar surface area (TPSA) is 49.9 Å². The molecule has 1 aromatic rings. The summed E-state index contributed by atoms with van der Waals surface area (Å²) in [6, 6.07) is 6.01. The number of amides is 3. The van der Waals surface area contributed by atoms with Crippen molar-refractivity contribution in [1.82, 2.24) is 4.90 Å². The summed E-state index contributed by atoms with van der Waals surface area (Å²) >= 11 is 5.87. The number of hydrogen-bond donors (Lipinski definition) is 0. The van der Waals surface area contributed by atoms with E-state index in [4.69, 9.17) is 16.3 Å². The summed E-state index contributed by atoms with van der Waals surface area (Å²) in [6.07, 6.45) is 3.70. The fourth-order valence-electron chi connectivity index (χ4n) is 3.64. The Balaban J connectivity index is 1.71. The quantitative estimate of drug-likeness (QED) is 0.750. The zero-order valence-electron chi connectivity index (χ0n) is 11.4. The lowest BCUT2D eigenvalue weighted by atomic mass is 10.1. The molecule has 2 heterocycles. The van der Waals surface area contributed by atoms with Gasteiger partial charge in [-0.1, -0.05) is 11.6 Å². The van der Waals surface area contributed by atoms with E-state index >= 15 is 0 Å². The van der Waals surface area contributed by atoms with E-state index in [-0.39, 0.29) is 11.9 Å². The van der Waals surface area contributed by atoms with Crippen LogP contribution in [0.3, 0.4) is 0 Å². The molecule has 0 unspecified atom stereocenters. The molecule has 21 heavy (non-hydrogen) atoms. The summed E-state index contributed by atoms with van der Waals surface area (Å²) in [5.41, 5.74) is 0.00966. The number of imide groups is 1. The van der Waals surface area contributed by atoms with Crippen LogP contribution in [-0.2, 0) is 9.53 Å². The van der Waals surface area contributed by atoms with Crippen molar-refractivity contribution in [2.45, 2.75) is 37.5 Å². The third-order valence-corrected chi connectivity index (χ3v) is 4.89. The average Bonchev–Trinajstić information content (AvgIpc) is 3.14. The first kappa shape index (κ1) is 13.1. The molecule has 3 fully saturated rings. The summed E-state index contributed by atoms with van der Waals surface area (Å²) in [5, 5.41) is 0.578. The van der Waals surface area contributed by atoms with E-state index in [9.17, 15) is 9.59 Å². The fourth-order valence-corrected chi connectivity index (χ4v) is 3.77. The van der Waals surface area contributed by atoms with Crippen molar-refractivity contribution in [3.05, 3.63) is 29.3 Å². The van der Waals surface area contributed by atoms with Crippen molar-refractivity contribution in [2.75, 3.05) is 11.5 Å². The molecular formula is C15H15ClN2O3. The van der Waals surface area contributed by atoms with Gasteiger partial charge in [0.25, 0.3) is 5.91 Å². The molecule has 1 saturated carbocycles. The molecule has 1 atom stereocenters. The van der Waals surface area contributed by atoms with Gasteiger partial charge in [-0.3, -0.25) is 9.69 Å². The van der Waals surface area contributed by atoms with E-state index in [0.717, 1.165) is 25.7 Å². The Morgan fingerprint density at radius 1 is 1.14 bits per heavy atom. The maximum Gasteiger partial charge on any atom is 0.334 e. The van der Waals surface area contributed by atoms with Crippen molar-refractivity contribution in [3.63, 3.8) is 0 Å². The Morgan fingerprint density at radius 2 is 1.81 bits per heavy atom. The Hall–Kier alpha value is -1.59. The second kappa shape index (κ2) is 4.45. The molecule has 2 saturated heterocycles. The molecule has 1 spiro atoms. The van der Waals surface area contributed by atoms with E-state index in [1.807, 2.05) is 0 Å². The molecule has 0 bridgehead atoms. The number of halogens is 1. The Kier molecular flexibility index (Phi) is 2.78. The Bertz CT molecular complexity index is 610. The van der Waals surface area contributed by atoms with Crippen molar-refractivity contribution in [3.8, 4) is 0 Å². The zero-order chi connectivity index (χ0) is 14.6. The van der Waals surface area contributed by atoms with Crippen molar-refractivity contribution in [1.29, 1.82) is 0 Å². The van der Waals surface area contributed by atoms with Crippen LogP contribution in [0.15, 0.2) is 24.3 Å². The van der Waals surface area contributed by atoms with E-state index in [1.54, 1.807) is 29.2 Å². The minimum Gasteiger partial charge on any atom is -0.353 e. The van der Waals surface area contributed by atoms with Gasteiger partial charge >= 0.3 is 6.03 Å². The summed E-state index contributed by atoms with van der Waals surface area (Å²) < 4.78 is 5.85. The van der Waals surface area contributed by atoms with E-state index in [1.165, 1.54) is 4.90 Å². The van der Waals surface area contributed by atoms with Crippen LogP contribution in [0.1, 0.15) is 25.7 Å². The number of rotatable bonds is 1. The third-order valence-electron chi connectivity index (χ3n) is 4.63. The number of benzene rings is 1. The minimum absolute atomic E-state index is 0.203. The smallest absolute Gasteiger partial charge is 0.334 e. The highest BCUT2D eigenvalue weighted by Gasteiger charge is 2.60. The van der Waals surface area contributed by atoms with E-state index < -0.39 is 11.8 Å². The number of fused-ring (bicyclic) bond motifs is 2. The van der Waals surface area contributed by atoms with Gasteiger partial charge in [0, 0.05) is 5.02 Å². The Morgan fingerprint density at radius 3 is 2.48 bits per heavy atom. The molecule has 0 radical (unpaired) electrons. The summed E-state index contributed by atoms with van der Waals surface area (Å²) in [7, 11) is 0. The third kappa shape index (κ3) is 1.74. The van der Waals surface area contributed by atoms with Crippen LogP contribution >= 0.6 is 11.6 Å². The number of carbonyl (C=O) groups is 2. The van der Waals surface area contributed by atoms with Crippen LogP contribution in [0.25, 0.3) is 0 Å². The summed E-state index contributed by atoms with van der Waals surface area (Å²) in [4.78, 5) is 28.3. The highest BCUT2D eigenvalue weighted by molar-refractivity contribution is 6.30. The zero-order valence-corrected chi connectivity index (χ0v) is 12.2. The molecule has 0 aromatic heterocycles. The first-order valence-electron chi connectivity index (χ1n) is 7.19. The van der Waals surface area contributed by atoms with Crippen molar-refractivity contribution >= 4 is 29.2 Å². The minimum atomic E-state index is -0.557. The molecule has 110 valence electrons. The van der Waals surface area contributed by atoms with Crippen molar-refractivity contribution < 1.29 is 14.3 Å². The molecule has 1 aliphatic carbocycles. The van der Waals surface area contributed by atoms with Gasteiger partial charge in [0.15, 0.2) is 0 Å². The maximum atomic E-state index is 12.8. The van der Waals surface area contributed by atoms with Crippen LogP contribution < -0.4 is 4.90 Å². The van der Waals surface area contributed by atoms with Gasteiger partial charge in [0.05, 0.1) is 12.3 Å². The van der Waals surface area contributed by atoms with Gasteiger partial charge in [-0.05, 0) is 49.9 Å². The van der Waals surface area contributed by atoms with Gasteiger partial charge in [-0.15, -0.1) is 0 Å². The molecule has 2 aliphatic heterocycles. The molecule has 5 nitrogen and oxygen atoms in total. The SMILES string of the molecule is O=C1[C@@H]2COC3(CCCC3)N2C(=O)N1c1ccc(Cl)cc1. The van der Waals surface area contributed by atoms with Gasteiger partial charge in [0.2, 0.25) is 0 Å². The van der Waals surface area contributed by atoms with Gasteiger partial charge in [0.1, 0.15) is 11.8 Å². The summed E-state index contributed by atoms with van der Waals surface area (Å²) in [6.45, 7) is 0.300. The summed E-state index contributed by atoms with van der Waals surface area (Å²) in [5.74, 6) is -0.203. The second-order valence-corrected chi connectivity index (χ2v) is 6.22. The first-order valence-corrected chi connectivity index (χ1v) is 7.57. The van der Waals surface area contributed by atoms with Crippen LogP contribution in [0.5, 0.6) is 0 Å². The molecule has 3 amide bonds. The lowest BCUT2D eigenvalue weighted by Crippen LogP contribution is -2.47. The number of nitrogens with zero attached hydrogens (tertiary/aromatic N) is 2. The second-order valence-electron chi connectivity index (χ2n) is 5.78. The normalized spacial score (nSPS) is 27.0. The highest BCUT2D eigenvalue weighted by Crippen LogP contribution is 2.45. The number of anilines is 1. The van der Waals surface area contributed by atoms with Crippen LogP contribution in [0, 0.1) is 0 Å². The fraction of sp³-hybridized carbons (Fsp3) is 0.467. The first-order chi connectivity index (χ1) is 10.1. The molecular weight excluding hydrogens is 292 g/mol. The largest absolute Gasteiger partial charge is 0.353 e. The van der Waals surface area contributed by atoms with Gasteiger partial charge in [-0.2, -0.15) is 0 Å². The number of ether oxygens (including phenoxy) is 1. The molecule has 6 heteroatoms. The van der Waals surface area contributed by atoms with E-state index in [0.29, 0.717) is 17.3 Å². The maximum absolute atomic E-state index is 12.8. The van der Waals surface area contributed by atoms with E-state index in [2.05, 4.69) is 0 Å². The van der Waals surface area contributed by atoms with Gasteiger partial charge in [-0.25, -0.2) is 9.69 Å². The molecule has 4 rings (SSSR count).